The summed E-state index contributed by atoms with van der Waals surface area (Å²) in [4.78, 5) is 17.2. The predicted octanol–water partition coefficient (Wildman–Crippen LogP) is 2.54. The SMILES string of the molecule is CCCCC(=O)c1nc(C)c(CNC)s1. The third-order valence-corrected chi connectivity index (χ3v) is 3.42. The van der Waals surface area contributed by atoms with Crippen molar-refractivity contribution in [1.29, 1.82) is 0 Å². The van der Waals surface area contributed by atoms with Gasteiger partial charge < -0.3 is 5.32 Å². The Kier molecular flexibility index (Phi) is 4.91. The lowest BCUT2D eigenvalue weighted by Crippen LogP contribution is -2.04. The first-order valence-electron chi connectivity index (χ1n) is 5.33. The summed E-state index contributed by atoms with van der Waals surface area (Å²) >= 11 is 1.52. The highest BCUT2D eigenvalue weighted by molar-refractivity contribution is 7.13. The maximum atomic E-state index is 11.7. The maximum absolute atomic E-state index is 11.7. The second-order valence-corrected chi connectivity index (χ2v) is 4.67. The van der Waals surface area contributed by atoms with Crippen molar-refractivity contribution in [3.05, 3.63) is 15.6 Å². The van der Waals surface area contributed by atoms with E-state index < -0.39 is 0 Å². The molecule has 0 aromatic carbocycles. The number of rotatable bonds is 6. The molecule has 0 bridgehead atoms. The molecule has 0 saturated carbocycles. The number of thiazole rings is 1. The largest absolute Gasteiger partial charge is 0.315 e. The smallest absolute Gasteiger partial charge is 0.191 e. The summed E-state index contributed by atoms with van der Waals surface area (Å²) in [5.41, 5.74) is 0.981. The molecule has 1 N–H and O–H groups in total. The summed E-state index contributed by atoms with van der Waals surface area (Å²) in [7, 11) is 1.90. The van der Waals surface area contributed by atoms with Crippen LogP contribution in [-0.4, -0.2) is 17.8 Å². The lowest BCUT2D eigenvalue weighted by molar-refractivity contribution is 0.0979. The van der Waals surface area contributed by atoms with Crippen LogP contribution in [0.2, 0.25) is 0 Å². The molecule has 1 aromatic heterocycles. The summed E-state index contributed by atoms with van der Waals surface area (Å²) in [6.45, 7) is 4.84. The van der Waals surface area contributed by atoms with Gasteiger partial charge in [-0.05, 0) is 20.4 Å². The summed E-state index contributed by atoms with van der Waals surface area (Å²) in [5, 5.41) is 3.75. The summed E-state index contributed by atoms with van der Waals surface area (Å²) in [6, 6.07) is 0. The second kappa shape index (κ2) is 5.98. The molecule has 3 nitrogen and oxygen atoms in total. The van der Waals surface area contributed by atoms with Crippen LogP contribution >= 0.6 is 11.3 Å². The Labute approximate surface area is 94.9 Å². The number of aromatic nitrogens is 1. The van der Waals surface area contributed by atoms with Crippen LogP contribution in [0.3, 0.4) is 0 Å². The van der Waals surface area contributed by atoms with Gasteiger partial charge >= 0.3 is 0 Å². The van der Waals surface area contributed by atoms with Crippen LogP contribution in [-0.2, 0) is 6.54 Å². The Hall–Kier alpha value is -0.740. The summed E-state index contributed by atoms with van der Waals surface area (Å²) < 4.78 is 0. The van der Waals surface area contributed by atoms with E-state index >= 15 is 0 Å². The van der Waals surface area contributed by atoms with Gasteiger partial charge in [0, 0.05) is 17.8 Å². The van der Waals surface area contributed by atoms with E-state index in [-0.39, 0.29) is 5.78 Å². The number of unbranched alkanes of at least 4 members (excludes halogenated alkanes) is 1. The summed E-state index contributed by atoms with van der Waals surface area (Å²) in [6.07, 6.45) is 2.64. The van der Waals surface area contributed by atoms with Crippen molar-refractivity contribution in [1.82, 2.24) is 10.3 Å². The lowest BCUT2D eigenvalue weighted by Gasteiger charge is -1.94. The molecule has 0 radical (unpaired) electrons. The Bertz CT molecular complexity index is 333. The van der Waals surface area contributed by atoms with Crippen molar-refractivity contribution in [3.63, 3.8) is 0 Å². The standard InChI is InChI=1S/C11H18N2OS/c1-4-5-6-9(14)11-13-8(2)10(15-11)7-12-3/h12H,4-7H2,1-3H3. The van der Waals surface area contributed by atoms with Crippen molar-refractivity contribution in [3.8, 4) is 0 Å². The first-order chi connectivity index (χ1) is 7.19. The second-order valence-electron chi connectivity index (χ2n) is 3.58. The first-order valence-corrected chi connectivity index (χ1v) is 6.14. The topological polar surface area (TPSA) is 42.0 Å². The molecule has 0 fully saturated rings. The van der Waals surface area contributed by atoms with Crippen LogP contribution in [0.4, 0.5) is 0 Å². The number of nitrogens with zero attached hydrogens (tertiary/aromatic N) is 1. The molecule has 1 heterocycles. The molecule has 0 aliphatic rings. The van der Waals surface area contributed by atoms with Gasteiger partial charge in [0.25, 0.3) is 0 Å². The van der Waals surface area contributed by atoms with Crippen LogP contribution in [0.1, 0.15) is 46.6 Å². The minimum absolute atomic E-state index is 0.187. The quantitative estimate of drug-likeness (QED) is 0.758. The van der Waals surface area contributed by atoms with Gasteiger partial charge in [0.1, 0.15) is 0 Å². The van der Waals surface area contributed by atoms with Gasteiger partial charge in [-0.1, -0.05) is 13.3 Å². The predicted molar refractivity (Wildman–Crippen MR) is 63.5 cm³/mol. The van der Waals surface area contributed by atoms with E-state index in [1.54, 1.807) is 0 Å². The molecule has 4 heteroatoms. The number of carbonyl (C=O) groups excluding carboxylic acids is 1. The van der Waals surface area contributed by atoms with E-state index in [1.807, 2.05) is 14.0 Å². The maximum Gasteiger partial charge on any atom is 0.191 e. The third-order valence-electron chi connectivity index (χ3n) is 2.23. The number of ketones is 1. The molecular formula is C11H18N2OS. The van der Waals surface area contributed by atoms with Crippen LogP contribution in [0.25, 0.3) is 0 Å². The van der Waals surface area contributed by atoms with Crippen molar-refractivity contribution >= 4 is 17.1 Å². The molecule has 0 aliphatic carbocycles. The lowest BCUT2D eigenvalue weighted by atomic mass is 10.2. The van der Waals surface area contributed by atoms with Crippen LogP contribution in [0.15, 0.2) is 0 Å². The number of nitrogens with one attached hydrogen (secondary N) is 1. The molecule has 1 aromatic rings. The molecule has 0 amide bonds. The van der Waals surface area contributed by atoms with Gasteiger partial charge in [-0.15, -0.1) is 11.3 Å². The van der Waals surface area contributed by atoms with E-state index in [0.29, 0.717) is 11.4 Å². The van der Waals surface area contributed by atoms with Crippen molar-refractivity contribution < 1.29 is 4.79 Å². The zero-order valence-corrected chi connectivity index (χ0v) is 10.4. The zero-order chi connectivity index (χ0) is 11.3. The van der Waals surface area contributed by atoms with Crippen molar-refractivity contribution in [2.45, 2.75) is 39.7 Å². The minimum Gasteiger partial charge on any atom is -0.315 e. The van der Waals surface area contributed by atoms with Gasteiger partial charge in [0.15, 0.2) is 10.8 Å². The van der Waals surface area contributed by atoms with Gasteiger partial charge in [0.05, 0.1) is 5.69 Å². The highest BCUT2D eigenvalue weighted by atomic mass is 32.1. The number of Topliss-reactive ketones (excluding diaryl/α,β-unsaturated/α-hetero) is 1. The molecule has 0 spiro atoms. The fourth-order valence-electron chi connectivity index (χ4n) is 1.32. The van der Waals surface area contributed by atoms with Crippen LogP contribution in [0, 0.1) is 6.92 Å². The average Bonchev–Trinajstić information content (AvgIpc) is 2.58. The van der Waals surface area contributed by atoms with Gasteiger partial charge in [0.2, 0.25) is 0 Å². The number of hydrogen-bond donors (Lipinski definition) is 1. The Balaban J connectivity index is 2.69. The number of hydrogen-bond acceptors (Lipinski definition) is 4. The minimum atomic E-state index is 0.187. The number of carbonyl (C=O) groups is 1. The molecule has 1 rings (SSSR count). The average molecular weight is 226 g/mol. The van der Waals surface area contributed by atoms with Crippen LogP contribution < -0.4 is 5.32 Å². The molecule has 84 valence electrons. The third kappa shape index (κ3) is 3.39. The van der Waals surface area contributed by atoms with Crippen LogP contribution in [0.5, 0.6) is 0 Å². The first kappa shape index (κ1) is 12.3. The zero-order valence-electron chi connectivity index (χ0n) is 9.59. The van der Waals surface area contributed by atoms with E-state index in [9.17, 15) is 4.79 Å². The Morgan fingerprint density at radius 2 is 2.27 bits per heavy atom. The normalized spacial score (nSPS) is 10.6. The molecule has 0 unspecified atom stereocenters. The van der Waals surface area contributed by atoms with Gasteiger partial charge in [-0.2, -0.15) is 0 Å². The number of aryl methyl sites for hydroxylation is 1. The van der Waals surface area contributed by atoms with Crippen molar-refractivity contribution in [2.75, 3.05) is 7.05 Å². The van der Waals surface area contributed by atoms with E-state index in [4.69, 9.17) is 0 Å². The van der Waals surface area contributed by atoms with E-state index in [2.05, 4.69) is 17.2 Å². The molecule has 15 heavy (non-hydrogen) atoms. The summed E-state index contributed by atoms with van der Waals surface area (Å²) in [5.74, 6) is 0.187. The highest BCUT2D eigenvalue weighted by Crippen LogP contribution is 2.19. The van der Waals surface area contributed by atoms with Crippen molar-refractivity contribution in [2.24, 2.45) is 0 Å². The molecular weight excluding hydrogens is 208 g/mol. The monoisotopic (exact) mass is 226 g/mol. The van der Waals surface area contributed by atoms with E-state index in [0.717, 1.165) is 30.0 Å². The molecule has 0 aliphatic heterocycles. The molecule has 0 atom stereocenters. The Morgan fingerprint density at radius 3 is 2.87 bits per heavy atom. The fourth-order valence-corrected chi connectivity index (χ4v) is 2.36. The van der Waals surface area contributed by atoms with E-state index in [1.165, 1.54) is 11.3 Å². The molecule has 0 saturated heterocycles. The van der Waals surface area contributed by atoms with Gasteiger partial charge in [-0.25, -0.2) is 4.98 Å². The highest BCUT2D eigenvalue weighted by Gasteiger charge is 2.13. The van der Waals surface area contributed by atoms with Gasteiger partial charge in [-0.3, -0.25) is 4.79 Å². The Morgan fingerprint density at radius 1 is 1.53 bits per heavy atom. The fraction of sp³-hybridized carbons (Fsp3) is 0.636.